The molecule has 1 amide bonds. The minimum absolute atomic E-state index is 0.313. The van der Waals surface area contributed by atoms with Crippen LogP contribution in [0.5, 0.6) is 11.5 Å². The number of hydrogen-bond donors (Lipinski definition) is 1. The van der Waals surface area contributed by atoms with E-state index >= 15 is 0 Å². The van der Waals surface area contributed by atoms with Crippen LogP contribution in [0.2, 0.25) is 0 Å². The highest BCUT2D eigenvalue weighted by Gasteiger charge is 2.18. The third kappa shape index (κ3) is 4.45. The predicted octanol–water partition coefficient (Wildman–Crippen LogP) is 3.86. The summed E-state index contributed by atoms with van der Waals surface area (Å²) in [5, 5.41) is 3.33. The van der Waals surface area contributed by atoms with Gasteiger partial charge in [0.15, 0.2) is 18.1 Å². The van der Waals surface area contributed by atoms with Gasteiger partial charge in [0.1, 0.15) is 13.2 Å². The van der Waals surface area contributed by atoms with E-state index in [0.717, 1.165) is 0 Å². The van der Waals surface area contributed by atoms with Gasteiger partial charge in [-0.15, -0.1) is 0 Å². The summed E-state index contributed by atoms with van der Waals surface area (Å²) in [6.45, 7) is 0.492. The van der Waals surface area contributed by atoms with Crippen LogP contribution >= 0.6 is 0 Å². The van der Waals surface area contributed by atoms with Crippen molar-refractivity contribution in [2.24, 2.45) is 0 Å². The molecule has 0 fully saturated rings. The van der Waals surface area contributed by atoms with Crippen LogP contribution in [0.3, 0.4) is 0 Å². The van der Waals surface area contributed by atoms with E-state index in [2.05, 4.69) is 15.3 Å². The molecular formula is C25H19N3O5. The Balaban J connectivity index is 1.32. The van der Waals surface area contributed by atoms with Gasteiger partial charge in [-0.25, -0.2) is 9.78 Å². The number of nitrogens with one attached hydrogen (secondary N) is 1. The lowest BCUT2D eigenvalue weighted by molar-refractivity contribution is -0.119. The van der Waals surface area contributed by atoms with E-state index in [1.54, 1.807) is 42.6 Å². The summed E-state index contributed by atoms with van der Waals surface area (Å²) in [5.41, 5.74) is 2.64. The molecule has 0 radical (unpaired) electrons. The topological polar surface area (TPSA) is 99.6 Å². The summed E-state index contributed by atoms with van der Waals surface area (Å²) < 4.78 is 16.3. The highest BCUT2D eigenvalue weighted by atomic mass is 16.6. The Hall–Kier alpha value is -4.46. The van der Waals surface area contributed by atoms with E-state index in [1.165, 1.54) is 0 Å². The summed E-state index contributed by atoms with van der Waals surface area (Å²) in [6, 6.07) is 19.4. The van der Waals surface area contributed by atoms with Crippen LogP contribution in [0.1, 0.15) is 10.4 Å². The SMILES string of the molecule is O=C(COC(=O)c1cc(-c2ccccn2)nc2ccccc12)Nc1ccc2c(c1)OCCO2. The van der Waals surface area contributed by atoms with E-state index in [9.17, 15) is 9.59 Å². The number of hydrogen-bond acceptors (Lipinski definition) is 7. The number of carbonyl (C=O) groups excluding carboxylic acids is 2. The fourth-order valence-corrected chi connectivity index (χ4v) is 3.52. The van der Waals surface area contributed by atoms with Crippen molar-refractivity contribution in [3.63, 3.8) is 0 Å². The number of amides is 1. The van der Waals surface area contributed by atoms with Crippen molar-refractivity contribution < 1.29 is 23.8 Å². The molecule has 4 aromatic rings. The Morgan fingerprint density at radius 2 is 1.73 bits per heavy atom. The van der Waals surface area contributed by atoms with Gasteiger partial charge in [0, 0.05) is 23.3 Å². The lowest BCUT2D eigenvalue weighted by Gasteiger charge is -2.19. The number of carbonyl (C=O) groups is 2. The molecule has 2 aromatic carbocycles. The number of esters is 1. The Morgan fingerprint density at radius 3 is 2.58 bits per heavy atom. The molecule has 0 saturated carbocycles. The van der Waals surface area contributed by atoms with Gasteiger partial charge in [0.2, 0.25) is 0 Å². The molecule has 3 heterocycles. The number of para-hydroxylation sites is 1. The maximum atomic E-state index is 12.9. The molecule has 0 aliphatic carbocycles. The second kappa shape index (κ2) is 8.96. The number of rotatable bonds is 5. The molecule has 0 unspecified atom stereocenters. The Morgan fingerprint density at radius 1 is 0.909 bits per heavy atom. The zero-order valence-electron chi connectivity index (χ0n) is 17.5. The van der Waals surface area contributed by atoms with Gasteiger partial charge in [-0.05, 0) is 36.4 Å². The molecule has 0 bridgehead atoms. The normalized spacial score (nSPS) is 12.2. The number of pyridine rings is 2. The predicted molar refractivity (Wildman–Crippen MR) is 121 cm³/mol. The van der Waals surface area contributed by atoms with Crippen molar-refractivity contribution in [3.8, 4) is 22.9 Å². The highest BCUT2D eigenvalue weighted by molar-refractivity contribution is 6.05. The largest absolute Gasteiger partial charge is 0.486 e. The average Bonchev–Trinajstić information content (AvgIpc) is 2.87. The van der Waals surface area contributed by atoms with Crippen LogP contribution in [0, 0.1) is 0 Å². The third-order valence-corrected chi connectivity index (χ3v) is 5.02. The molecule has 2 aromatic heterocycles. The zero-order chi connectivity index (χ0) is 22.6. The average molecular weight is 441 g/mol. The van der Waals surface area contributed by atoms with Crippen LogP contribution in [0.15, 0.2) is 72.9 Å². The van der Waals surface area contributed by atoms with Crippen LogP contribution in [-0.4, -0.2) is 41.7 Å². The highest BCUT2D eigenvalue weighted by Crippen LogP contribution is 2.32. The fourth-order valence-electron chi connectivity index (χ4n) is 3.52. The van der Waals surface area contributed by atoms with Gasteiger partial charge >= 0.3 is 5.97 Å². The summed E-state index contributed by atoms with van der Waals surface area (Å²) in [5.74, 6) is 0.0896. The summed E-state index contributed by atoms with van der Waals surface area (Å²) >= 11 is 0. The van der Waals surface area contributed by atoms with Gasteiger partial charge in [0.05, 0.1) is 22.5 Å². The molecule has 0 saturated heterocycles. The summed E-state index contributed by atoms with van der Waals surface area (Å²) in [7, 11) is 0. The number of ether oxygens (including phenoxy) is 3. The first-order valence-electron chi connectivity index (χ1n) is 10.4. The van der Waals surface area contributed by atoms with Crippen molar-refractivity contribution >= 4 is 28.5 Å². The molecule has 164 valence electrons. The first-order valence-corrected chi connectivity index (χ1v) is 10.4. The van der Waals surface area contributed by atoms with Gasteiger partial charge in [-0.3, -0.25) is 9.78 Å². The van der Waals surface area contributed by atoms with E-state index < -0.39 is 18.5 Å². The fraction of sp³-hybridized carbons (Fsp3) is 0.120. The maximum absolute atomic E-state index is 12.9. The van der Waals surface area contributed by atoms with Crippen molar-refractivity contribution in [2.45, 2.75) is 0 Å². The first-order chi connectivity index (χ1) is 16.2. The summed E-state index contributed by atoms with van der Waals surface area (Å²) in [4.78, 5) is 34.2. The van der Waals surface area contributed by atoms with Gasteiger partial charge in [0.25, 0.3) is 5.91 Å². The van der Waals surface area contributed by atoms with Crippen molar-refractivity contribution in [1.82, 2.24) is 9.97 Å². The van der Waals surface area contributed by atoms with E-state index in [1.807, 2.05) is 30.3 Å². The third-order valence-electron chi connectivity index (χ3n) is 5.02. The first kappa shape index (κ1) is 20.4. The standard InChI is InChI=1S/C25H19N3O5/c29-24(27-16-8-9-22-23(13-16)32-12-11-31-22)15-33-25(30)18-14-21(20-7-3-4-10-26-20)28-19-6-2-1-5-17(18)19/h1-10,13-14H,11-12,15H2,(H,27,29). The van der Waals surface area contributed by atoms with Gasteiger partial charge in [-0.2, -0.15) is 0 Å². The van der Waals surface area contributed by atoms with E-state index in [0.29, 0.717) is 58.3 Å². The van der Waals surface area contributed by atoms with Crippen LogP contribution in [-0.2, 0) is 9.53 Å². The molecule has 8 heteroatoms. The Kier molecular flexibility index (Phi) is 5.55. The minimum atomic E-state index is -0.622. The number of benzene rings is 2. The molecule has 0 atom stereocenters. The van der Waals surface area contributed by atoms with E-state index in [-0.39, 0.29) is 0 Å². The second-order valence-corrected chi connectivity index (χ2v) is 7.27. The maximum Gasteiger partial charge on any atom is 0.339 e. The Labute approximate surface area is 189 Å². The number of fused-ring (bicyclic) bond motifs is 2. The summed E-state index contributed by atoms with van der Waals surface area (Å²) in [6.07, 6.45) is 1.66. The quantitative estimate of drug-likeness (QED) is 0.470. The molecule has 1 aliphatic rings. The van der Waals surface area contributed by atoms with Crippen LogP contribution < -0.4 is 14.8 Å². The van der Waals surface area contributed by atoms with Gasteiger partial charge in [-0.1, -0.05) is 24.3 Å². The lowest BCUT2D eigenvalue weighted by atomic mass is 10.1. The molecule has 8 nitrogen and oxygen atoms in total. The molecule has 1 N–H and O–H groups in total. The smallest absolute Gasteiger partial charge is 0.339 e. The Bertz CT molecular complexity index is 1340. The monoisotopic (exact) mass is 441 g/mol. The number of nitrogens with zero attached hydrogens (tertiary/aromatic N) is 2. The molecule has 0 spiro atoms. The number of anilines is 1. The van der Waals surface area contributed by atoms with E-state index in [4.69, 9.17) is 14.2 Å². The molecule has 5 rings (SSSR count). The second-order valence-electron chi connectivity index (χ2n) is 7.27. The van der Waals surface area contributed by atoms with Crippen molar-refractivity contribution in [3.05, 3.63) is 78.5 Å². The lowest BCUT2D eigenvalue weighted by Crippen LogP contribution is -2.21. The molecule has 33 heavy (non-hydrogen) atoms. The molecular weight excluding hydrogens is 422 g/mol. The van der Waals surface area contributed by atoms with Crippen molar-refractivity contribution in [2.75, 3.05) is 25.1 Å². The van der Waals surface area contributed by atoms with Crippen LogP contribution in [0.25, 0.3) is 22.3 Å². The van der Waals surface area contributed by atoms with Gasteiger partial charge < -0.3 is 19.5 Å². The van der Waals surface area contributed by atoms with Crippen LogP contribution in [0.4, 0.5) is 5.69 Å². The number of aromatic nitrogens is 2. The molecule has 1 aliphatic heterocycles. The minimum Gasteiger partial charge on any atom is -0.486 e. The zero-order valence-corrected chi connectivity index (χ0v) is 17.5. The van der Waals surface area contributed by atoms with Crippen molar-refractivity contribution in [1.29, 1.82) is 0 Å².